The second-order valence-corrected chi connectivity index (χ2v) is 4.27. The van der Waals surface area contributed by atoms with E-state index in [1.807, 2.05) is 4.90 Å². The molecule has 1 atom stereocenters. The van der Waals surface area contributed by atoms with Crippen LogP contribution in [0.5, 0.6) is 0 Å². The molecule has 94 valence electrons. The highest BCUT2D eigenvalue weighted by Gasteiger charge is 2.20. The molecule has 5 heteroatoms. The van der Waals surface area contributed by atoms with Crippen molar-refractivity contribution >= 4 is 6.03 Å². The van der Waals surface area contributed by atoms with Gasteiger partial charge in [-0.15, -0.1) is 0 Å². The van der Waals surface area contributed by atoms with Gasteiger partial charge in [-0.3, -0.25) is 0 Å². The van der Waals surface area contributed by atoms with Gasteiger partial charge >= 0.3 is 6.03 Å². The summed E-state index contributed by atoms with van der Waals surface area (Å²) in [5.41, 5.74) is 5.68. The molecule has 1 unspecified atom stereocenters. The van der Waals surface area contributed by atoms with Crippen LogP contribution in [0, 0.1) is 5.92 Å². The summed E-state index contributed by atoms with van der Waals surface area (Å²) in [4.78, 5) is 13.7. The van der Waals surface area contributed by atoms with E-state index in [2.05, 4.69) is 5.32 Å². The Hall–Kier alpha value is -0.810. The molecule has 0 aromatic heterocycles. The van der Waals surface area contributed by atoms with E-state index in [1.54, 1.807) is 7.11 Å². The van der Waals surface area contributed by atoms with Crippen molar-refractivity contribution in [3.63, 3.8) is 0 Å². The molecule has 1 rings (SSSR count). The quantitative estimate of drug-likeness (QED) is 0.686. The summed E-state index contributed by atoms with van der Waals surface area (Å²) in [7, 11) is 1.63. The van der Waals surface area contributed by atoms with Gasteiger partial charge in [0.25, 0.3) is 0 Å². The van der Waals surface area contributed by atoms with Crippen LogP contribution in [0.1, 0.15) is 19.3 Å². The van der Waals surface area contributed by atoms with Crippen LogP contribution in [0.2, 0.25) is 0 Å². The molecule has 0 saturated carbocycles. The van der Waals surface area contributed by atoms with Gasteiger partial charge in [-0.2, -0.15) is 0 Å². The number of nitrogens with two attached hydrogens (primary N) is 1. The molecule has 1 aliphatic rings. The molecule has 0 spiro atoms. The highest BCUT2D eigenvalue weighted by molar-refractivity contribution is 5.74. The molecular weight excluding hydrogens is 206 g/mol. The number of nitrogens with zero attached hydrogens (tertiary/aromatic N) is 1. The first kappa shape index (κ1) is 13.3. The standard InChI is InChI=1S/C11H23N3O2/c1-16-7-5-13-11(15)14-6-3-2-4-10(8-12)9-14/h10H,2-9,12H2,1H3,(H,13,15). The third kappa shape index (κ3) is 4.37. The van der Waals surface area contributed by atoms with Gasteiger partial charge in [-0.1, -0.05) is 6.42 Å². The van der Waals surface area contributed by atoms with Gasteiger partial charge in [0.1, 0.15) is 0 Å². The monoisotopic (exact) mass is 229 g/mol. The van der Waals surface area contributed by atoms with E-state index in [-0.39, 0.29) is 6.03 Å². The number of carbonyl (C=O) groups is 1. The minimum atomic E-state index is 0.0115. The average molecular weight is 229 g/mol. The van der Waals surface area contributed by atoms with Crippen molar-refractivity contribution in [3.05, 3.63) is 0 Å². The van der Waals surface area contributed by atoms with Crippen LogP contribution in [0.3, 0.4) is 0 Å². The summed E-state index contributed by atoms with van der Waals surface area (Å²) in [5, 5.41) is 2.85. The number of ether oxygens (including phenoxy) is 1. The molecule has 0 bridgehead atoms. The summed E-state index contributed by atoms with van der Waals surface area (Å²) >= 11 is 0. The van der Waals surface area contributed by atoms with Crippen LogP contribution in [0.25, 0.3) is 0 Å². The Morgan fingerprint density at radius 2 is 2.38 bits per heavy atom. The van der Waals surface area contributed by atoms with Gasteiger partial charge in [0.2, 0.25) is 0 Å². The summed E-state index contributed by atoms with van der Waals surface area (Å²) in [6, 6.07) is 0.0115. The maximum absolute atomic E-state index is 11.8. The van der Waals surface area contributed by atoms with Gasteiger partial charge in [0.05, 0.1) is 6.61 Å². The lowest BCUT2D eigenvalue weighted by atomic mass is 10.0. The van der Waals surface area contributed by atoms with Crippen molar-refractivity contribution in [2.75, 3.05) is 39.9 Å². The minimum Gasteiger partial charge on any atom is -0.383 e. The first-order chi connectivity index (χ1) is 7.77. The van der Waals surface area contributed by atoms with E-state index in [0.29, 0.717) is 25.6 Å². The lowest BCUT2D eigenvalue weighted by molar-refractivity contribution is 0.176. The number of nitrogens with one attached hydrogen (secondary N) is 1. The Morgan fingerprint density at radius 3 is 3.06 bits per heavy atom. The first-order valence-electron chi connectivity index (χ1n) is 5.99. The number of hydrogen-bond donors (Lipinski definition) is 2. The maximum atomic E-state index is 11.8. The van der Waals surface area contributed by atoms with E-state index in [0.717, 1.165) is 25.9 Å². The minimum absolute atomic E-state index is 0.0115. The van der Waals surface area contributed by atoms with Gasteiger partial charge in [0, 0.05) is 26.7 Å². The summed E-state index contributed by atoms with van der Waals surface area (Å²) in [5.74, 6) is 0.454. The molecule has 0 aromatic carbocycles. The molecule has 2 amide bonds. The maximum Gasteiger partial charge on any atom is 0.317 e. The van der Waals surface area contributed by atoms with Crippen molar-refractivity contribution in [2.45, 2.75) is 19.3 Å². The molecule has 3 N–H and O–H groups in total. The Balaban J connectivity index is 2.34. The number of rotatable bonds is 4. The fraction of sp³-hybridized carbons (Fsp3) is 0.909. The van der Waals surface area contributed by atoms with E-state index in [9.17, 15) is 4.79 Å². The summed E-state index contributed by atoms with van der Waals surface area (Å²) < 4.78 is 4.89. The number of carbonyl (C=O) groups excluding carboxylic acids is 1. The molecule has 0 radical (unpaired) electrons. The second-order valence-electron chi connectivity index (χ2n) is 4.27. The molecule has 1 heterocycles. The van der Waals surface area contributed by atoms with E-state index in [1.165, 1.54) is 6.42 Å². The smallest absolute Gasteiger partial charge is 0.317 e. The summed E-state index contributed by atoms with van der Waals surface area (Å²) in [6.07, 6.45) is 3.39. The number of urea groups is 1. The van der Waals surface area contributed by atoms with Crippen molar-refractivity contribution in [3.8, 4) is 0 Å². The van der Waals surface area contributed by atoms with Gasteiger partial charge < -0.3 is 20.7 Å². The number of hydrogen-bond acceptors (Lipinski definition) is 3. The van der Waals surface area contributed by atoms with Crippen LogP contribution in [0.15, 0.2) is 0 Å². The van der Waals surface area contributed by atoms with Crippen molar-refractivity contribution in [1.82, 2.24) is 10.2 Å². The third-order valence-electron chi connectivity index (χ3n) is 2.97. The van der Waals surface area contributed by atoms with Gasteiger partial charge in [-0.05, 0) is 25.3 Å². The predicted octanol–water partition coefficient (Wildman–Crippen LogP) is 0.403. The van der Waals surface area contributed by atoms with E-state index < -0.39 is 0 Å². The van der Waals surface area contributed by atoms with E-state index in [4.69, 9.17) is 10.5 Å². The lowest BCUT2D eigenvalue weighted by Gasteiger charge is -2.24. The van der Waals surface area contributed by atoms with Crippen LogP contribution in [-0.4, -0.2) is 50.8 Å². The fourth-order valence-electron chi connectivity index (χ4n) is 1.98. The van der Waals surface area contributed by atoms with Crippen LogP contribution in [0.4, 0.5) is 4.79 Å². The normalized spacial score (nSPS) is 21.6. The van der Waals surface area contributed by atoms with Crippen molar-refractivity contribution in [1.29, 1.82) is 0 Å². The average Bonchev–Trinajstić information content (AvgIpc) is 2.54. The highest BCUT2D eigenvalue weighted by Crippen LogP contribution is 2.15. The third-order valence-corrected chi connectivity index (χ3v) is 2.97. The molecule has 1 saturated heterocycles. The predicted molar refractivity (Wildman–Crippen MR) is 63.2 cm³/mol. The van der Waals surface area contributed by atoms with Crippen LogP contribution in [-0.2, 0) is 4.74 Å². The molecule has 1 fully saturated rings. The molecular formula is C11H23N3O2. The highest BCUT2D eigenvalue weighted by atomic mass is 16.5. The molecule has 1 aliphatic heterocycles. The Bertz CT molecular complexity index is 211. The van der Waals surface area contributed by atoms with Crippen LogP contribution < -0.4 is 11.1 Å². The first-order valence-corrected chi connectivity index (χ1v) is 5.99. The summed E-state index contributed by atoms with van der Waals surface area (Å²) in [6.45, 7) is 3.42. The van der Waals surface area contributed by atoms with Gasteiger partial charge in [-0.25, -0.2) is 4.79 Å². The Labute approximate surface area is 97.3 Å². The van der Waals surface area contributed by atoms with Crippen molar-refractivity contribution in [2.24, 2.45) is 11.7 Å². The lowest BCUT2D eigenvalue weighted by Crippen LogP contribution is -2.43. The molecule has 0 aliphatic carbocycles. The molecule has 0 aromatic rings. The Kier molecular flexibility index (Phi) is 6.18. The largest absolute Gasteiger partial charge is 0.383 e. The second kappa shape index (κ2) is 7.46. The van der Waals surface area contributed by atoms with Gasteiger partial charge in [0.15, 0.2) is 0 Å². The molecule has 5 nitrogen and oxygen atoms in total. The molecule has 16 heavy (non-hydrogen) atoms. The topological polar surface area (TPSA) is 67.6 Å². The van der Waals surface area contributed by atoms with Crippen LogP contribution >= 0.6 is 0 Å². The number of likely N-dealkylation sites (tertiary alicyclic amines) is 1. The zero-order valence-corrected chi connectivity index (χ0v) is 10.1. The van der Waals surface area contributed by atoms with E-state index >= 15 is 0 Å². The number of methoxy groups -OCH3 is 1. The number of amides is 2. The van der Waals surface area contributed by atoms with Crippen molar-refractivity contribution < 1.29 is 9.53 Å². The zero-order valence-electron chi connectivity index (χ0n) is 10.1. The Morgan fingerprint density at radius 1 is 1.56 bits per heavy atom. The zero-order chi connectivity index (χ0) is 11.8. The SMILES string of the molecule is COCCNC(=O)N1CCCCC(CN)C1. The fourth-order valence-corrected chi connectivity index (χ4v) is 1.98.